The Bertz CT molecular complexity index is 945. The van der Waals surface area contributed by atoms with Gasteiger partial charge in [-0.15, -0.1) is 11.3 Å². The van der Waals surface area contributed by atoms with Crippen molar-refractivity contribution in [2.24, 2.45) is 0 Å². The summed E-state index contributed by atoms with van der Waals surface area (Å²) in [6.07, 6.45) is 5.66. The topological polar surface area (TPSA) is 55.1 Å². The van der Waals surface area contributed by atoms with Crippen molar-refractivity contribution in [1.82, 2.24) is 9.55 Å². The van der Waals surface area contributed by atoms with Gasteiger partial charge in [0.25, 0.3) is 0 Å². The van der Waals surface area contributed by atoms with Crippen molar-refractivity contribution in [3.05, 3.63) is 80.5 Å². The van der Waals surface area contributed by atoms with Gasteiger partial charge in [0.15, 0.2) is 0 Å². The van der Waals surface area contributed by atoms with Gasteiger partial charge in [-0.2, -0.15) is 0 Å². The van der Waals surface area contributed by atoms with E-state index in [1.807, 2.05) is 41.8 Å². The van der Waals surface area contributed by atoms with Crippen LogP contribution in [0.15, 0.2) is 53.5 Å². The molecule has 0 aliphatic rings. The quantitative estimate of drug-likeness (QED) is 0.521. The number of hydrogen-bond acceptors (Lipinski definition) is 3. The molecule has 0 bridgehead atoms. The van der Waals surface area contributed by atoms with E-state index in [2.05, 4.69) is 16.5 Å². The summed E-state index contributed by atoms with van der Waals surface area (Å²) in [6, 6.07) is 11.6. The van der Waals surface area contributed by atoms with Gasteiger partial charge in [0.05, 0.1) is 18.4 Å². The molecule has 0 spiro atoms. The van der Waals surface area contributed by atoms with E-state index in [9.17, 15) is 9.90 Å². The SMILES string of the molecule is CCCc1ncc(/C=C(\Cc2cccs2)C(=O)O)n1Cc1ccccc1Cl. The van der Waals surface area contributed by atoms with Gasteiger partial charge in [-0.25, -0.2) is 9.78 Å². The lowest BCUT2D eigenvalue weighted by Crippen LogP contribution is -2.09. The molecule has 4 nitrogen and oxygen atoms in total. The fraction of sp³-hybridized carbons (Fsp3) is 0.238. The number of hydrogen-bond donors (Lipinski definition) is 1. The van der Waals surface area contributed by atoms with Crippen molar-refractivity contribution >= 4 is 35.0 Å². The lowest BCUT2D eigenvalue weighted by molar-refractivity contribution is -0.132. The maximum absolute atomic E-state index is 11.8. The number of imidazole rings is 1. The summed E-state index contributed by atoms with van der Waals surface area (Å²) in [5, 5.41) is 12.3. The van der Waals surface area contributed by atoms with Crippen LogP contribution in [0.4, 0.5) is 0 Å². The van der Waals surface area contributed by atoms with Crippen LogP contribution in [0.3, 0.4) is 0 Å². The molecule has 3 rings (SSSR count). The molecular formula is C21H21ClN2O2S. The molecule has 6 heteroatoms. The Morgan fingerprint density at radius 2 is 2.11 bits per heavy atom. The number of carboxylic acids is 1. The Morgan fingerprint density at radius 1 is 1.30 bits per heavy atom. The number of aryl methyl sites for hydroxylation is 1. The number of benzene rings is 1. The van der Waals surface area contributed by atoms with Crippen molar-refractivity contribution in [2.75, 3.05) is 0 Å². The van der Waals surface area contributed by atoms with Gasteiger partial charge >= 0.3 is 5.97 Å². The molecule has 0 amide bonds. The molecule has 2 aromatic heterocycles. The molecule has 0 saturated heterocycles. The fourth-order valence-corrected chi connectivity index (χ4v) is 3.84. The number of nitrogens with zero attached hydrogens (tertiary/aromatic N) is 2. The van der Waals surface area contributed by atoms with Crippen LogP contribution < -0.4 is 0 Å². The van der Waals surface area contributed by atoms with Gasteiger partial charge in [0.2, 0.25) is 0 Å². The molecule has 3 aromatic rings. The maximum atomic E-state index is 11.8. The van der Waals surface area contributed by atoms with Gasteiger partial charge in [-0.3, -0.25) is 0 Å². The van der Waals surface area contributed by atoms with Crippen LogP contribution in [0.5, 0.6) is 0 Å². The standard InChI is InChI=1S/C21H21ClN2O2S/c1-2-6-20-23-13-17(24(20)14-15-7-3-4-9-19(15)22)11-16(21(25)26)12-18-8-5-10-27-18/h3-5,7-11,13H,2,6,12,14H2,1H3,(H,25,26)/b16-11+. The first-order valence-electron chi connectivity index (χ1n) is 8.82. The molecule has 0 fully saturated rings. The summed E-state index contributed by atoms with van der Waals surface area (Å²) in [7, 11) is 0. The van der Waals surface area contributed by atoms with Gasteiger partial charge in [-0.05, 0) is 35.6 Å². The van der Waals surface area contributed by atoms with Crippen LogP contribution in [0, 0.1) is 0 Å². The zero-order chi connectivity index (χ0) is 19.2. The number of carboxylic acid groups (broad SMARTS) is 1. The van der Waals surface area contributed by atoms with Crippen LogP contribution in [0.2, 0.25) is 5.02 Å². The van der Waals surface area contributed by atoms with Crippen molar-refractivity contribution in [3.63, 3.8) is 0 Å². The Morgan fingerprint density at radius 3 is 2.78 bits per heavy atom. The third-order valence-electron chi connectivity index (χ3n) is 4.27. The molecule has 0 radical (unpaired) electrons. The first kappa shape index (κ1) is 19.4. The Labute approximate surface area is 167 Å². The second-order valence-electron chi connectivity index (χ2n) is 6.26. The fourth-order valence-electron chi connectivity index (χ4n) is 2.91. The van der Waals surface area contributed by atoms with E-state index in [4.69, 9.17) is 11.6 Å². The molecule has 0 aliphatic carbocycles. The van der Waals surface area contributed by atoms with Crippen molar-refractivity contribution in [1.29, 1.82) is 0 Å². The molecule has 0 saturated carbocycles. The van der Waals surface area contributed by atoms with Gasteiger partial charge in [0.1, 0.15) is 5.82 Å². The van der Waals surface area contributed by atoms with Gasteiger partial charge in [0, 0.05) is 28.3 Å². The summed E-state index contributed by atoms with van der Waals surface area (Å²) < 4.78 is 2.06. The molecule has 1 aromatic carbocycles. The number of halogens is 1. The molecule has 140 valence electrons. The highest BCUT2D eigenvalue weighted by molar-refractivity contribution is 7.09. The average Bonchev–Trinajstić information content (AvgIpc) is 3.28. The molecule has 2 heterocycles. The number of aromatic nitrogens is 2. The largest absolute Gasteiger partial charge is 0.478 e. The van der Waals surface area contributed by atoms with Crippen LogP contribution in [-0.4, -0.2) is 20.6 Å². The molecule has 0 unspecified atom stereocenters. The zero-order valence-corrected chi connectivity index (χ0v) is 16.6. The average molecular weight is 401 g/mol. The van der Waals surface area contributed by atoms with Gasteiger partial charge < -0.3 is 9.67 Å². The van der Waals surface area contributed by atoms with E-state index in [0.29, 0.717) is 23.6 Å². The first-order valence-corrected chi connectivity index (χ1v) is 10.1. The molecule has 0 atom stereocenters. The predicted molar refractivity (Wildman–Crippen MR) is 110 cm³/mol. The highest BCUT2D eigenvalue weighted by Gasteiger charge is 2.14. The summed E-state index contributed by atoms with van der Waals surface area (Å²) >= 11 is 7.89. The Kier molecular flexibility index (Phi) is 6.48. The first-order chi connectivity index (χ1) is 13.1. The van der Waals surface area contributed by atoms with E-state index >= 15 is 0 Å². The van der Waals surface area contributed by atoms with E-state index in [-0.39, 0.29) is 0 Å². The molecule has 0 aliphatic heterocycles. The summed E-state index contributed by atoms with van der Waals surface area (Å²) in [5.74, 6) is 0.0236. The van der Waals surface area contributed by atoms with Crippen LogP contribution in [-0.2, 0) is 24.2 Å². The summed E-state index contributed by atoms with van der Waals surface area (Å²) in [4.78, 5) is 17.3. The third-order valence-corrected chi connectivity index (χ3v) is 5.52. The minimum atomic E-state index is -0.911. The van der Waals surface area contributed by atoms with Crippen molar-refractivity contribution in [2.45, 2.75) is 32.7 Å². The second kappa shape index (κ2) is 9.02. The van der Waals surface area contributed by atoms with Crippen LogP contribution in [0.1, 0.15) is 35.3 Å². The van der Waals surface area contributed by atoms with E-state index in [1.54, 1.807) is 23.6 Å². The van der Waals surface area contributed by atoms with Gasteiger partial charge in [-0.1, -0.05) is 42.8 Å². The van der Waals surface area contributed by atoms with E-state index < -0.39 is 5.97 Å². The highest BCUT2D eigenvalue weighted by Crippen LogP contribution is 2.22. The normalized spacial score (nSPS) is 11.7. The summed E-state index contributed by atoms with van der Waals surface area (Å²) in [5.41, 5.74) is 2.12. The predicted octanol–water partition coefficient (Wildman–Crippen LogP) is 5.31. The number of aliphatic carboxylic acids is 1. The van der Waals surface area contributed by atoms with E-state index in [0.717, 1.165) is 34.8 Å². The lowest BCUT2D eigenvalue weighted by atomic mass is 10.1. The Balaban J connectivity index is 1.98. The maximum Gasteiger partial charge on any atom is 0.332 e. The number of carbonyl (C=O) groups is 1. The minimum absolute atomic E-state index is 0.348. The third kappa shape index (κ3) is 4.87. The van der Waals surface area contributed by atoms with Crippen LogP contribution in [0.25, 0.3) is 6.08 Å². The molecule has 1 N–H and O–H groups in total. The highest BCUT2D eigenvalue weighted by atomic mass is 35.5. The molecule has 27 heavy (non-hydrogen) atoms. The lowest BCUT2D eigenvalue weighted by Gasteiger charge is -2.12. The van der Waals surface area contributed by atoms with Crippen molar-refractivity contribution in [3.8, 4) is 0 Å². The van der Waals surface area contributed by atoms with E-state index in [1.165, 1.54) is 0 Å². The molecular weight excluding hydrogens is 380 g/mol. The zero-order valence-electron chi connectivity index (χ0n) is 15.1. The number of thiophene rings is 1. The summed E-state index contributed by atoms with van der Waals surface area (Å²) in [6.45, 7) is 2.66. The van der Waals surface area contributed by atoms with Crippen LogP contribution >= 0.6 is 22.9 Å². The minimum Gasteiger partial charge on any atom is -0.478 e. The second-order valence-corrected chi connectivity index (χ2v) is 7.70. The number of rotatable bonds is 8. The monoisotopic (exact) mass is 400 g/mol. The smallest absolute Gasteiger partial charge is 0.332 e. The van der Waals surface area contributed by atoms with Crippen molar-refractivity contribution < 1.29 is 9.90 Å². The Hall–Kier alpha value is -2.37.